The van der Waals surface area contributed by atoms with Gasteiger partial charge < -0.3 is 10.6 Å². The second-order valence-electron chi connectivity index (χ2n) is 6.86. The zero-order valence-electron chi connectivity index (χ0n) is 15.9. The Balaban J connectivity index is 1.61. The van der Waals surface area contributed by atoms with E-state index >= 15 is 0 Å². The lowest BCUT2D eigenvalue weighted by Gasteiger charge is -2.23. The van der Waals surface area contributed by atoms with E-state index in [0.717, 1.165) is 5.56 Å². The second kappa shape index (κ2) is 8.94. The van der Waals surface area contributed by atoms with Crippen LogP contribution in [0, 0.1) is 6.92 Å². The van der Waals surface area contributed by atoms with Gasteiger partial charge in [-0.15, -0.1) is 0 Å². The third-order valence-electron chi connectivity index (χ3n) is 4.69. The molecule has 0 spiro atoms. The van der Waals surface area contributed by atoms with Gasteiger partial charge in [-0.2, -0.15) is 4.31 Å². The van der Waals surface area contributed by atoms with E-state index in [0.29, 0.717) is 23.6 Å². The second-order valence-corrected chi connectivity index (χ2v) is 9.19. The van der Waals surface area contributed by atoms with Crippen LogP contribution in [0.3, 0.4) is 0 Å². The van der Waals surface area contributed by atoms with Crippen molar-refractivity contribution in [1.29, 1.82) is 0 Å². The van der Waals surface area contributed by atoms with Crippen molar-refractivity contribution in [2.24, 2.45) is 0 Å². The van der Waals surface area contributed by atoms with Gasteiger partial charge in [0, 0.05) is 17.3 Å². The molecule has 2 aromatic rings. The van der Waals surface area contributed by atoms with E-state index in [1.54, 1.807) is 36.4 Å². The topological polar surface area (TPSA) is 95.6 Å². The molecule has 1 aliphatic rings. The smallest absolute Gasteiger partial charge is 0.243 e. The Morgan fingerprint density at radius 2 is 1.76 bits per heavy atom. The maximum Gasteiger partial charge on any atom is 0.243 e. The molecule has 0 bridgehead atoms. The number of rotatable bonds is 6. The molecule has 1 heterocycles. The minimum absolute atomic E-state index is 0.156. The van der Waals surface area contributed by atoms with Crippen LogP contribution in [0.4, 0.5) is 5.69 Å². The van der Waals surface area contributed by atoms with E-state index in [1.165, 1.54) is 16.4 Å². The molecule has 1 saturated heterocycles. The first-order chi connectivity index (χ1) is 13.8. The van der Waals surface area contributed by atoms with Crippen molar-refractivity contribution >= 4 is 39.1 Å². The average molecular weight is 436 g/mol. The minimum Gasteiger partial charge on any atom is -0.346 e. The summed E-state index contributed by atoms with van der Waals surface area (Å²) < 4.78 is 27.1. The molecular weight excluding hydrogens is 414 g/mol. The number of carbonyl (C=O) groups excluding carboxylic acids is 2. The van der Waals surface area contributed by atoms with Gasteiger partial charge in [0.1, 0.15) is 6.04 Å². The number of nitrogens with one attached hydrogen (secondary N) is 2. The van der Waals surface area contributed by atoms with E-state index in [2.05, 4.69) is 10.6 Å². The number of halogens is 1. The third kappa shape index (κ3) is 5.14. The standard InChI is InChI=1S/C20H22ClN3O4S/c1-14-4-10-17(11-5-14)29(27,28)24-12-2-3-18(24)20(26)22-13-19(25)23-16-8-6-15(21)7-9-16/h4-11,18H,2-3,12-13H2,1H3,(H,22,26)(H,23,25). The molecule has 2 N–H and O–H groups in total. The summed E-state index contributed by atoms with van der Waals surface area (Å²) in [6.07, 6.45) is 0.996. The van der Waals surface area contributed by atoms with E-state index < -0.39 is 27.9 Å². The molecule has 1 aliphatic heterocycles. The van der Waals surface area contributed by atoms with Crippen molar-refractivity contribution in [1.82, 2.24) is 9.62 Å². The Kier molecular flexibility index (Phi) is 6.56. The van der Waals surface area contributed by atoms with Gasteiger partial charge in [0.05, 0.1) is 11.4 Å². The number of hydrogen-bond acceptors (Lipinski definition) is 4. The molecule has 29 heavy (non-hydrogen) atoms. The highest BCUT2D eigenvalue weighted by atomic mass is 35.5. The van der Waals surface area contributed by atoms with E-state index in [1.807, 2.05) is 6.92 Å². The van der Waals surface area contributed by atoms with Crippen LogP contribution in [-0.2, 0) is 19.6 Å². The van der Waals surface area contributed by atoms with Crippen LogP contribution in [0.15, 0.2) is 53.4 Å². The average Bonchev–Trinajstić information content (AvgIpc) is 3.19. The molecule has 9 heteroatoms. The predicted molar refractivity (Wildman–Crippen MR) is 111 cm³/mol. The number of amides is 2. The molecule has 3 rings (SSSR count). The lowest BCUT2D eigenvalue weighted by atomic mass is 10.2. The van der Waals surface area contributed by atoms with Crippen LogP contribution < -0.4 is 10.6 Å². The van der Waals surface area contributed by atoms with Gasteiger partial charge in [0.2, 0.25) is 21.8 Å². The lowest BCUT2D eigenvalue weighted by molar-refractivity contribution is -0.126. The van der Waals surface area contributed by atoms with Crippen molar-refractivity contribution in [2.75, 3.05) is 18.4 Å². The molecule has 1 atom stereocenters. The summed E-state index contributed by atoms with van der Waals surface area (Å²) in [7, 11) is -3.78. The normalized spacial score (nSPS) is 17.1. The SMILES string of the molecule is Cc1ccc(S(=O)(=O)N2CCCC2C(=O)NCC(=O)Nc2ccc(Cl)cc2)cc1. The van der Waals surface area contributed by atoms with Crippen LogP contribution in [0.2, 0.25) is 5.02 Å². The monoisotopic (exact) mass is 435 g/mol. The van der Waals surface area contributed by atoms with Gasteiger partial charge in [0.15, 0.2) is 0 Å². The van der Waals surface area contributed by atoms with Crippen LogP contribution in [-0.4, -0.2) is 43.7 Å². The number of hydrogen-bond donors (Lipinski definition) is 2. The highest BCUT2D eigenvalue weighted by Gasteiger charge is 2.39. The summed E-state index contributed by atoms with van der Waals surface area (Å²) in [6, 6.07) is 12.3. The van der Waals surface area contributed by atoms with E-state index in [4.69, 9.17) is 11.6 Å². The first-order valence-electron chi connectivity index (χ1n) is 9.19. The molecule has 0 aliphatic carbocycles. The Bertz CT molecular complexity index is 991. The summed E-state index contributed by atoms with van der Waals surface area (Å²) >= 11 is 5.80. The zero-order chi connectivity index (χ0) is 21.0. The molecule has 154 valence electrons. The van der Waals surface area contributed by atoms with Crippen LogP contribution >= 0.6 is 11.6 Å². The maximum absolute atomic E-state index is 12.9. The quantitative estimate of drug-likeness (QED) is 0.728. The molecule has 0 aromatic heterocycles. The number of benzene rings is 2. The zero-order valence-corrected chi connectivity index (χ0v) is 17.5. The maximum atomic E-state index is 12.9. The summed E-state index contributed by atoms with van der Waals surface area (Å²) in [4.78, 5) is 24.8. The van der Waals surface area contributed by atoms with Gasteiger partial charge >= 0.3 is 0 Å². The Labute approximate surface area is 175 Å². The van der Waals surface area contributed by atoms with Gasteiger partial charge in [-0.3, -0.25) is 9.59 Å². The molecule has 1 fully saturated rings. The highest BCUT2D eigenvalue weighted by molar-refractivity contribution is 7.89. The number of carbonyl (C=O) groups is 2. The highest BCUT2D eigenvalue weighted by Crippen LogP contribution is 2.26. The molecular formula is C20H22ClN3O4S. The fraction of sp³-hybridized carbons (Fsp3) is 0.300. The van der Waals surface area contributed by atoms with Gasteiger partial charge in [0.25, 0.3) is 0 Å². The Hall–Kier alpha value is -2.42. The van der Waals surface area contributed by atoms with Crippen molar-refractivity contribution in [3.8, 4) is 0 Å². The van der Waals surface area contributed by atoms with Crippen LogP contribution in [0.1, 0.15) is 18.4 Å². The molecule has 2 amide bonds. The van der Waals surface area contributed by atoms with E-state index in [-0.39, 0.29) is 18.0 Å². The van der Waals surface area contributed by atoms with Crippen LogP contribution in [0.5, 0.6) is 0 Å². The molecule has 1 unspecified atom stereocenters. The number of aryl methyl sites for hydroxylation is 1. The predicted octanol–water partition coefficient (Wildman–Crippen LogP) is 2.56. The third-order valence-corrected chi connectivity index (χ3v) is 6.86. The minimum atomic E-state index is -3.78. The molecule has 7 nitrogen and oxygen atoms in total. The Morgan fingerprint density at radius 1 is 1.10 bits per heavy atom. The van der Waals surface area contributed by atoms with Crippen molar-refractivity contribution in [3.05, 3.63) is 59.1 Å². The molecule has 2 aromatic carbocycles. The van der Waals surface area contributed by atoms with Gasteiger partial charge in [-0.05, 0) is 56.2 Å². The summed E-state index contributed by atoms with van der Waals surface area (Å²) in [6.45, 7) is 1.89. The Morgan fingerprint density at radius 3 is 2.41 bits per heavy atom. The number of anilines is 1. The fourth-order valence-corrected chi connectivity index (χ4v) is 4.94. The number of nitrogens with zero attached hydrogens (tertiary/aromatic N) is 1. The van der Waals surface area contributed by atoms with Crippen molar-refractivity contribution < 1.29 is 18.0 Å². The summed E-state index contributed by atoms with van der Waals surface area (Å²) in [5.74, 6) is -0.893. The van der Waals surface area contributed by atoms with E-state index in [9.17, 15) is 18.0 Å². The fourth-order valence-electron chi connectivity index (χ4n) is 3.16. The van der Waals surface area contributed by atoms with Crippen molar-refractivity contribution in [2.45, 2.75) is 30.7 Å². The van der Waals surface area contributed by atoms with Gasteiger partial charge in [-0.1, -0.05) is 29.3 Å². The first kappa shape index (κ1) is 21.3. The summed E-state index contributed by atoms with van der Waals surface area (Å²) in [5.41, 5.74) is 1.50. The number of sulfonamides is 1. The van der Waals surface area contributed by atoms with Gasteiger partial charge in [-0.25, -0.2) is 8.42 Å². The largest absolute Gasteiger partial charge is 0.346 e. The van der Waals surface area contributed by atoms with Crippen molar-refractivity contribution in [3.63, 3.8) is 0 Å². The molecule has 0 radical (unpaired) electrons. The summed E-state index contributed by atoms with van der Waals surface area (Å²) in [5, 5.41) is 5.73. The first-order valence-corrected chi connectivity index (χ1v) is 11.0. The molecule has 0 saturated carbocycles. The van der Waals surface area contributed by atoms with Crippen LogP contribution in [0.25, 0.3) is 0 Å². The lowest BCUT2D eigenvalue weighted by Crippen LogP contribution is -2.47.